The lowest BCUT2D eigenvalue weighted by atomic mass is 9.94. The van der Waals surface area contributed by atoms with Crippen molar-refractivity contribution in [3.63, 3.8) is 0 Å². The molecule has 5 fully saturated rings. The van der Waals surface area contributed by atoms with Crippen LogP contribution in [-0.4, -0.2) is 105 Å². The van der Waals surface area contributed by atoms with E-state index in [1.165, 1.54) is 24.0 Å². The van der Waals surface area contributed by atoms with Crippen molar-refractivity contribution in [3.05, 3.63) is 329 Å². The van der Waals surface area contributed by atoms with E-state index in [9.17, 15) is 24.0 Å². The first-order valence-electron chi connectivity index (χ1n) is 48.4. The van der Waals surface area contributed by atoms with Gasteiger partial charge in [0.2, 0.25) is 63.5 Å². The Morgan fingerprint density at radius 2 is 0.785 bits per heavy atom. The Labute approximate surface area is 838 Å². The van der Waals surface area contributed by atoms with Gasteiger partial charge >= 0.3 is 0 Å². The molecule has 8 aromatic carbocycles. The topological polar surface area (TPSA) is 340 Å². The number of carbonyl (C=O) groups is 5. The summed E-state index contributed by atoms with van der Waals surface area (Å²) in [5.74, 6) is 10.5. The van der Waals surface area contributed by atoms with Crippen molar-refractivity contribution in [2.24, 2.45) is 0 Å². The Morgan fingerprint density at radius 3 is 1.20 bits per heavy atom. The zero-order valence-corrected chi connectivity index (χ0v) is 80.0. The van der Waals surface area contributed by atoms with Crippen molar-refractivity contribution in [3.8, 4) is 108 Å². The van der Waals surface area contributed by atoms with E-state index in [1.54, 1.807) is 30.9 Å². The van der Waals surface area contributed by atoms with Gasteiger partial charge in [-0.1, -0.05) is 108 Å². The van der Waals surface area contributed by atoms with Crippen LogP contribution in [0.1, 0.15) is 144 Å². The zero-order valence-electron chi connectivity index (χ0n) is 79.3. The molecule has 0 unspecified atom stereocenters. The molecule has 6 aliphatic carbocycles. The van der Waals surface area contributed by atoms with Gasteiger partial charge in [0.15, 0.2) is 57.5 Å². The van der Waals surface area contributed by atoms with E-state index in [1.807, 2.05) is 238 Å². The minimum Gasteiger partial charge on any atom is -0.493 e. The normalized spacial score (nSPS) is 16.4. The van der Waals surface area contributed by atoms with Crippen molar-refractivity contribution in [1.82, 2.24) is 34.9 Å². The third-order valence-electron chi connectivity index (χ3n) is 28.3. The number of allylic oxidation sites excluding steroid dienone is 2. The second-order valence-corrected chi connectivity index (χ2v) is 37.9. The van der Waals surface area contributed by atoms with Crippen LogP contribution in [0, 0.1) is 13.8 Å². The van der Waals surface area contributed by atoms with Gasteiger partial charge in [0.05, 0.1) is 55.8 Å². The smallest absolute Gasteiger partial charge is 0.236 e. The summed E-state index contributed by atoms with van der Waals surface area (Å²) < 4.78 is 60.0. The Hall–Kier alpha value is -16.6. The van der Waals surface area contributed by atoms with Gasteiger partial charge in [-0.15, -0.1) is 0 Å². The first-order valence-corrected chi connectivity index (χ1v) is 48.8. The maximum Gasteiger partial charge on any atom is 0.236 e. The summed E-state index contributed by atoms with van der Waals surface area (Å²) in [5, 5.41) is 16.7. The highest BCUT2D eigenvalue weighted by molar-refractivity contribution is 6.33. The van der Waals surface area contributed by atoms with Gasteiger partial charge in [-0.3, -0.25) is 29.0 Å². The van der Waals surface area contributed by atoms with E-state index in [-0.39, 0.29) is 66.4 Å². The van der Waals surface area contributed by atoms with Crippen LogP contribution in [-0.2, 0) is 51.0 Å². The van der Waals surface area contributed by atoms with Crippen molar-refractivity contribution < 1.29 is 78.9 Å². The van der Waals surface area contributed by atoms with E-state index >= 15 is 0 Å². The molecule has 7 aromatic heterocycles. The number of carbonyl (C=O) groups excluding carboxylic acids is 5. The number of anilines is 5. The highest BCUT2D eigenvalue weighted by atomic mass is 35.5. The first-order chi connectivity index (χ1) is 70.3. The molecule has 5 saturated carbocycles. The molecule has 0 bridgehead atoms. The number of fused-ring (bicyclic) bond motifs is 6. The average Bonchev–Trinajstić information content (AvgIpc) is 1.57. The maximum absolute atomic E-state index is 13.2. The molecule has 29 heteroatoms. The largest absolute Gasteiger partial charge is 0.493 e. The number of halogens is 1. The Kier molecular flexibility index (Phi) is 25.1. The Balaban J connectivity index is 0.000000111. The molecule has 5 amide bonds. The van der Waals surface area contributed by atoms with Crippen molar-refractivity contribution >= 4 is 86.7 Å². The zero-order chi connectivity index (χ0) is 98.1. The number of H-pyrrole nitrogens is 1. The molecule has 0 radical (unpaired) electrons. The minimum atomic E-state index is -0.543. The van der Waals surface area contributed by atoms with Gasteiger partial charge in [0.1, 0.15) is 34.8 Å². The molecule has 28 nitrogen and oxygen atoms in total. The predicted octanol–water partition coefficient (Wildman–Crippen LogP) is 23.1. The average molecular weight is 1950 g/mol. The lowest BCUT2D eigenvalue weighted by molar-refractivity contribution is -0.119. The summed E-state index contributed by atoms with van der Waals surface area (Å²) in [7, 11) is 0. The fraction of sp³-hybridized carbons (Fsp3) is 0.243. The number of ether oxygens (including phenoxy) is 11. The number of rotatable bonds is 22. The van der Waals surface area contributed by atoms with Crippen molar-refractivity contribution in [2.75, 3.05) is 67.2 Å². The summed E-state index contributed by atoms with van der Waals surface area (Å²) in [6.45, 7) is 7.78. The number of aryl methyl sites for hydroxylation is 2. The molecule has 728 valence electrons. The molecular weight excluding hydrogens is 1840 g/mol. The van der Waals surface area contributed by atoms with E-state index in [4.69, 9.17) is 68.7 Å². The van der Waals surface area contributed by atoms with Gasteiger partial charge < -0.3 is 83.7 Å². The molecule has 12 heterocycles. The second-order valence-electron chi connectivity index (χ2n) is 37.5. The predicted molar refractivity (Wildman–Crippen MR) is 549 cm³/mol. The highest BCUT2D eigenvalue weighted by Crippen LogP contribution is 2.57. The Morgan fingerprint density at radius 1 is 0.375 bits per heavy atom. The van der Waals surface area contributed by atoms with Crippen LogP contribution in [0.4, 0.5) is 29.1 Å². The number of aromatic amines is 1. The van der Waals surface area contributed by atoms with Crippen LogP contribution in [0.3, 0.4) is 0 Å². The molecule has 11 aliphatic rings. The molecule has 144 heavy (non-hydrogen) atoms. The summed E-state index contributed by atoms with van der Waals surface area (Å²) in [6.07, 6.45) is 23.7. The fourth-order valence-electron chi connectivity index (χ4n) is 19.2. The highest BCUT2D eigenvalue weighted by Gasteiger charge is 2.56. The molecule has 6 N–H and O–H groups in total. The minimum absolute atomic E-state index is 0. The van der Waals surface area contributed by atoms with Crippen LogP contribution in [0.25, 0.3) is 61.2 Å². The number of amides is 5. The lowest BCUT2D eigenvalue weighted by Gasteiger charge is -2.17. The first kappa shape index (κ1) is 92.4. The summed E-state index contributed by atoms with van der Waals surface area (Å²) in [5.41, 5.74) is 15.3. The number of aromatic nitrogens is 7. The molecule has 0 atom stereocenters. The number of hydrogen-bond acceptors (Lipinski definition) is 22. The lowest BCUT2D eigenvalue weighted by Crippen LogP contribution is -2.28. The molecule has 26 rings (SSSR count). The van der Waals surface area contributed by atoms with Crippen molar-refractivity contribution in [1.29, 1.82) is 0 Å². The van der Waals surface area contributed by atoms with Crippen molar-refractivity contribution in [2.45, 2.75) is 138 Å². The second kappa shape index (κ2) is 39.1. The van der Waals surface area contributed by atoms with Gasteiger partial charge in [-0.25, -0.2) is 24.9 Å². The van der Waals surface area contributed by atoms with Gasteiger partial charge in [0.25, 0.3) is 0 Å². The van der Waals surface area contributed by atoms with Gasteiger partial charge in [-0.05, 0) is 313 Å². The summed E-state index contributed by atoms with van der Waals surface area (Å²) >= 11 is 6.18. The number of nitrogens with one attached hydrogen (secondary N) is 6. The summed E-state index contributed by atoms with van der Waals surface area (Å²) in [6, 6.07) is 77.6. The molecular formula is C115H105ClN12O16. The summed E-state index contributed by atoms with van der Waals surface area (Å²) in [4.78, 5) is 95.4. The van der Waals surface area contributed by atoms with Gasteiger partial charge in [0, 0.05) is 72.6 Å². The molecule has 0 saturated heterocycles. The quantitative estimate of drug-likeness (QED) is 0.0367. The van der Waals surface area contributed by atoms with Crippen LogP contribution in [0.5, 0.6) is 63.2 Å². The fourth-order valence-corrected chi connectivity index (χ4v) is 19.4. The van der Waals surface area contributed by atoms with Crippen LogP contribution in [0.2, 0.25) is 5.02 Å². The van der Waals surface area contributed by atoms with Gasteiger partial charge in [-0.2, -0.15) is 0 Å². The number of hydrogen-bond donors (Lipinski definition) is 6. The van der Waals surface area contributed by atoms with E-state index in [0.29, 0.717) is 69.5 Å². The van der Waals surface area contributed by atoms with E-state index in [2.05, 4.69) is 87.7 Å². The molecule has 5 aliphatic heterocycles. The number of pyridine rings is 6. The SMILES string of the molecule is CCOc1ccc(C)cc1-c1cccc(NC(=O)C2(c3ccc4c(c3)OCO4)CC2)n1.Cc1ccccc1-c1ccc(NC(=O)C2(c3ccc4c(c3)OCO4)CC2)nc1.O=C(Nc1ccc(-c2ccncc2Cl)cn1)C1(c2ccc3c(c2)OCO3)CC1.O=C(Nc1cccc(-c2ccc3[nH]ccc3c2)n1)C1(c2ccc3c(c2)OCO3)CC1.O=C(Nc1cccc(C2=CCCCC2)n1)C1(c2ccc3c(c2)OCO3)CC1.[HH].[HH]. The third-order valence-corrected chi connectivity index (χ3v) is 28.6. The maximum atomic E-state index is 13.2. The Bertz CT molecular complexity index is 7380. The monoisotopic (exact) mass is 1940 g/mol. The van der Waals surface area contributed by atoms with E-state index < -0.39 is 27.1 Å². The molecule has 0 spiro atoms. The van der Waals surface area contributed by atoms with Crippen LogP contribution >= 0.6 is 11.6 Å². The molecule has 15 aromatic rings. The standard InChI is InChI=1S/C25H24N2O4.C24H19N3O3.C23H20N2O3.C22H22N2O3.C21H16ClN3O3.2H2/c1-3-29-20-9-7-16(2)13-18(20)19-5-4-6-23(26-19)27-24(28)25(11-12-25)17-8-10-21-22(14-17)31-15-30-21;28-23(24(9-10-24)17-5-7-20-21(13-17)30-14-29-20)27-22-3-1-2-19(26-22)15-4-6-18-16(12-15)8-11-25-18;1-15-4-2-3-5-18(15)16-6-9-21(24-13-16)25-22(26)23(10-11-23)17-7-8-19-20(12-17)28-14-27-19;25-21(22(11-12-22)16-9-10-18-19(13-16)27-14-26-18)24-20-8-4-7-17(23-20)15-5-2-1-3-6-15;22-16-11-23-8-5-15(16)13-1-4-19(24-10-13)25-20(26)21(6-7-21)14-2-3-17-18(9-14)28-12-27-17;;/h4-10,13-14H,3,11-12,15H2,1-2H3,(H,26,27,28);1-8,11-13,25H,9-10,14H2,(H,26,27,28);2-9,12-13H,10-11,14H2,1H3,(H,24,25,26);4-5,7-10,13H,1-3,6,11-12,14H2,(H,23,24,25);1-5,8-11H,6-7,12H2,(H,24,25,26);2*1H. The van der Waals surface area contributed by atoms with E-state index in [0.717, 1.165) is 206 Å². The number of nitrogens with zero attached hydrogens (tertiary/aromatic N) is 6. The van der Waals surface area contributed by atoms with Crippen LogP contribution < -0.4 is 78.7 Å². The third kappa shape index (κ3) is 19.1. The van der Waals surface area contributed by atoms with Crippen LogP contribution in [0.15, 0.2) is 280 Å². The number of benzene rings is 8.